The van der Waals surface area contributed by atoms with Gasteiger partial charge in [-0.1, -0.05) is 30.3 Å². The molecule has 1 saturated heterocycles. The van der Waals surface area contributed by atoms with Gasteiger partial charge in [0, 0.05) is 58.9 Å². The molecule has 1 aliphatic rings. The van der Waals surface area contributed by atoms with Crippen LogP contribution >= 0.6 is 0 Å². The molecule has 0 aliphatic carbocycles. The molecule has 1 heterocycles. The Morgan fingerprint density at radius 2 is 0.854 bits per heavy atom. The molecule has 48 heavy (non-hydrogen) atoms. The average molecular weight is 677 g/mol. The Balaban J connectivity index is 2.21. The van der Waals surface area contributed by atoms with E-state index in [4.69, 9.17) is 18.9 Å². The van der Waals surface area contributed by atoms with Crippen LogP contribution in [0.15, 0.2) is 30.3 Å². The average Bonchev–Trinajstić information content (AvgIpc) is 2.93. The highest BCUT2D eigenvalue weighted by atomic mass is 16.6. The molecule has 0 amide bonds. The second-order valence-electron chi connectivity index (χ2n) is 15.3. The Labute approximate surface area is 288 Å². The summed E-state index contributed by atoms with van der Waals surface area (Å²) in [5.41, 5.74) is -0.924. The van der Waals surface area contributed by atoms with Gasteiger partial charge in [-0.05, 0) is 67.9 Å². The zero-order valence-corrected chi connectivity index (χ0v) is 30.8. The van der Waals surface area contributed by atoms with Crippen molar-refractivity contribution in [3.8, 4) is 0 Å². The van der Waals surface area contributed by atoms with E-state index >= 15 is 0 Å². The predicted molar refractivity (Wildman–Crippen MR) is 184 cm³/mol. The number of esters is 4. The molecular weight excluding hydrogens is 616 g/mol. The van der Waals surface area contributed by atoms with Gasteiger partial charge in [-0.15, -0.1) is 0 Å². The first-order chi connectivity index (χ1) is 22.3. The molecule has 2 rings (SSSR count). The molecule has 0 saturated carbocycles. The van der Waals surface area contributed by atoms with Gasteiger partial charge in [-0.3, -0.25) is 33.9 Å². The Bertz CT molecular complexity index is 1110. The SMILES string of the molecule is CC(C)(C)OC(=O)CN1CCN(CCC(=O)OCc2ccccc2)CCN(CC(=O)OC(C)(C)C)CCN(CC(=O)OC(C)(C)C)CC1. The third kappa shape index (κ3) is 19.7. The van der Waals surface area contributed by atoms with E-state index in [1.165, 1.54) is 0 Å². The Hall–Kier alpha value is -3.06. The van der Waals surface area contributed by atoms with Crippen molar-refractivity contribution in [2.75, 3.05) is 78.5 Å². The molecule has 272 valence electrons. The van der Waals surface area contributed by atoms with Gasteiger partial charge in [0.05, 0.1) is 26.1 Å². The van der Waals surface area contributed by atoms with Crippen LogP contribution in [0.25, 0.3) is 0 Å². The number of carbonyl (C=O) groups is 4. The molecule has 0 aromatic heterocycles. The van der Waals surface area contributed by atoms with Crippen molar-refractivity contribution in [1.82, 2.24) is 19.6 Å². The summed E-state index contributed by atoms with van der Waals surface area (Å²) >= 11 is 0. The van der Waals surface area contributed by atoms with Crippen molar-refractivity contribution < 1.29 is 38.1 Å². The van der Waals surface area contributed by atoms with Gasteiger partial charge in [0.1, 0.15) is 23.4 Å². The highest BCUT2D eigenvalue weighted by Gasteiger charge is 2.25. The third-order valence-electron chi connectivity index (χ3n) is 7.12. The second kappa shape index (κ2) is 19.2. The summed E-state index contributed by atoms with van der Waals surface area (Å²) in [7, 11) is 0. The number of hydrogen-bond acceptors (Lipinski definition) is 12. The van der Waals surface area contributed by atoms with E-state index in [1.807, 2.05) is 107 Å². The predicted octanol–water partition coefficient (Wildman–Crippen LogP) is 3.37. The number of hydrogen-bond donors (Lipinski definition) is 0. The topological polar surface area (TPSA) is 118 Å². The van der Waals surface area contributed by atoms with Crippen LogP contribution in [0.2, 0.25) is 0 Å². The van der Waals surface area contributed by atoms with E-state index in [2.05, 4.69) is 4.90 Å². The van der Waals surface area contributed by atoms with Gasteiger partial charge in [0.15, 0.2) is 0 Å². The fourth-order valence-corrected chi connectivity index (χ4v) is 5.01. The first-order valence-corrected chi connectivity index (χ1v) is 17.0. The van der Waals surface area contributed by atoms with Crippen LogP contribution < -0.4 is 0 Å². The van der Waals surface area contributed by atoms with E-state index in [0.717, 1.165) is 5.56 Å². The normalized spacial score (nSPS) is 17.1. The van der Waals surface area contributed by atoms with Crippen LogP contribution in [0.4, 0.5) is 0 Å². The number of ether oxygens (including phenoxy) is 4. The monoisotopic (exact) mass is 676 g/mol. The van der Waals surface area contributed by atoms with E-state index in [9.17, 15) is 19.2 Å². The number of rotatable bonds is 11. The molecule has 1 aromatic carbocycles. The molecule has 0 radical (unpaired) electrons. The van der Waals surface area contributed by atoms with Gasteiger partial charge in [0.25, 0.3) is 0 Å². The molecule has 0 unspecified atom stereocenters. The highest BCUT2D eigenvalue weighted by Crippen LogP contribution is 2.12. The van der Waals surface area contributed by atoms with Crippen LogP contribution in [0.3, 0.4) is 0 Å². The minimum Gasteiger partial charge on any atom is -0.461 e. The van der Waals surface area contributed by atoms with Crippen LogP contribution in [-0.2, 0) is 44.7 Å². The maximum Gasteiger partial charge on any atom is 0.320 e. The van der Waals surface area contributed by atoms with Gasteiger partial charge in [0.2, 0.25) is 0 Å². The molecule has 1 fully saturated rings. The second-order valence-corrected chi connectivity index (χ2v) is 15.3. The van der Waals surface area contributed by atoms with Crippen LogP contribution in [-0.4, -0.2) is 139 Å². The third-order valence-corrected chi connectivity index (χ3v) is 7.12. The standard InChI is InChI=1S/C36H60N4O8/c1-34(2,3)46-31(42)25-38-19-17-37(16-15-30(41)45-28-29-13-11-10-12-14-29)18-20-39(26-32(43)47-35(4,5)6)22-24-40(23-21-38)27-33(44)48-36(7,8)9/h10-14H,15-28H2,1-9H3. The lowest BCUT2D eigenvalue weighted by atomic mass is 10.2. The summed E-state index contributed by atoms with van der Waals surface area (Å²) in [6.45, 7) is 21.7. The molecule has 1 aromatic rings. The van der Waals surface area contributed by atoms with Crippen LogP contribution in [0, 0.1) is 0 Å². The van der Waals surface area contributed by atoms with E-state index in [-0.39, 0.29) is 56.5 Å². The number of nitrogens with zero attached hydrogens (tertiary/aromatic N) is 4. The maximum atomic E-state index is 12.9. The summed E-state index contributed by atoms with van der Waals surface area (Å²) < 4.78 is 22.4. The maximum absolute atomic E-state index is 12.9. The summed E-state index contributed by atoms with van der Waals surface area (Å²) in [5, 5.41) is 0. The largest absolute Gasteiger partial charge is 0.461 e. The van der Waals surface area contributed by atoms with E-state index < -0.39 is 16.8 Å². The fraction of sp³-hybridized carbons (Fsp3) is 0.722. The van der Waals surface area contributed by atoms with Crippen molar-refractivity contribution in [3.63, 3.8) is 0 Å². The van der Waals surface area contributed by atoms with Crippen molar-refractivity contribution in [1.29, 1.82) is 0 Å². The summed E-state index contributed by atoms with van der Waals surface area (Å²) in [6.07, 6.45) is 0.203. The van der Waals surface area contributed by atoms with Crippen LogP contribution in [0.5, 0.6) is 0 Å². The molecule has 0 bridgehead atoms. The summed E-state index contributed by atoms with van der Waals surface area (Å²) in [4.78, 5) is 59.5. The van der Waals surface area contributed by atoms with Crippen molar-refractivity contribution >= 4 is 23.9 Å². The number of carbonyl (C=O) groups excluding carboxylic acids is 4. The van der Waals surface area contributed by atoms with Crippen molar-refractivity contribution in [2.45, 2.75) is 92.1 Å². The lowest BCUT2D eigenvalue weighted by Crippen LogP contribution is -2.49. The highest BCUT2D eigenvalue weighted by molar-refractivity contribution is 5.73. The van der Waals surface area contributed by atoms with E-state index in [1.54, 1.807) is 0 Å². The summed E-state index contributed by atoms with van der Waals surface area (Å²) in [6, 6.07) is 9.55. The first-order valence-electron chi connectivity index (χ1n) is 17.0. The van der Waals surface area contributed by atoms with E-state index in [0.29, 0.717) is 58.9 Å². The number of benzene rings is 1. The fourth-order valence-electron chi connectivity index (χ4n) is 5.01. The summed E-state index contributed by atoms with van der Waals surface area (Å²) in [5.74, 6) is -1.28. The molecule has 0 atom stereocenters. The molecule has 12 nitrogen and oxygen atoms in total. The van der Waals surface area contributed by atoms with Crippen molar-refractivity contribution in [3.05, 3.63) is 35.9 Å². The van der Waals surface area contributed by atoms with Gasteiger partial charge in [-0.2, -0.15) is 0 Å². The Morgan fingerprint density at radius 3 is 1.19 bits per heavy atom. The smallest absolute Gasteiger partial charge is 0.320 e. The lowest BCUT2D eigenvalue weighted by Gasteiger charge is -2.34. The van der Waals surface area contributed by atoms with Crippen molar-refractivity contribution in [2.24, 2.45) is 0 Å². The van der Waals surface area contributed by atoms with Gasteiger partial charge in [-0.25, -0.2) is 0 Å². The zero-order valence-electron chi connectivity index (χ0n) is 30.8. The quantitative estimate of drug-likeness (QED) is 0.253. The van der Waals surface area contributed by atoms with Gasteiger partial charge >= 0.3 is 23.9 Å². The minimum absolute atomic E-state index is 0.0784. The van der Waals surface area contributed by atoms with Gasteiger partial charge < -0.3 is 23.8 Å². The minimum atomic E-state index is -0.619. The molecule has 0 spiro atoms. The Morgan fingerprint density at radius 1 is 0.521 bits per heavy atom. The zero-order chi connectivity index (χ0) is 36.0. The molecule has 12 heteroatoms. The molecule has 0 N–H and O–H groups in total. The molecule has 1 aliphatic heterocycles. The lowest BCUT2D eigenvalue weighted by molar-refractivity contribution is -0.158. The molecular formula is C36H60N4O8. The first kappa shape index (κ1) is 41.1. The Kier molecular flexibility index (Phi) is 16.5. The van der Waals surface area contributed by atoms with Crippen LogP contribution in [0.1, 0.15) is 74.3 Å².